The second-order valence-electron chi connectivity index (χ2n) is 7.86. The van der Waals surface area contributed by atoms with E-state index in [1.807, 2.05) is 0 Å². The third-order valence-corrected chi connectivity index (χ3v) is 5.66. The molecule has 0 fully saturated rings. The number of benzene rings is 3. The quantitative estimate of drug-likeness (QED) is 0.290. The van der Waals surface area contributed by atoms with Gasteiger partial charge in [0.2, 0.25) is 5.75 Å². The van der Waals surface area contributed by atoms with Crippen LogP contribution in [0.15, 0.2) is 48.7 Å². The van der Waals surface area contributed by atoms with Gasteiger partial charge in [-0.1, -0.05) is 0 Å². The van der Waals surface area contributed by atoms with Crippen LogP contribution in [0.25, 0.3) is 10.9 Å². The third-order valence-electron chi connectivity index (χ3n) is 5.66. The highest BCUT2D eigenvalue weighted by molar-refractivity contribution is 6.00. The molecule has 0 spiro atoms. The number of halogens is 3. The van der Waals surface area contributed by atoms with Crippen molar-refractivity contribution in [1.82, 2.24) is 10.3 Å². The molecule has 10 heteroatoms. The number of hydrogen-bond acceptors (Lipinski definition) is 5. The minimum absolute atomic E-state index is 0.206. The molecule has 4 rings (SSSR count). The molecule has 36 heavy (non-hydrogen) atoms. The predicted octanol–water partition coefficient (Wildman–Crippen LogP) is 5.33. The number of amides is 1. The highest BCUT2D eigenvalue weighted by Gasteiger charge is 2.17. The number of aromatic nitrogens is 1. The highest BCUT2D eigenvalue weighted by atomic mass is 19.2. The molecule has 0 aliphatic carbocycles. The zero-order chi connectivity index (χ0) is 25.8. The number of hydrogen-bond donors (Lipinski definition) is 3. The standard InChI is InChI=1S/C26H24F3N3O4/c1-34-23-9-16(10-24(35-2)25(23)36-3)32-22-8-15(27)4-5-17(22)26(33)30-7-6-14-13-31-21-12-20(29)19(28)11-18(14)21/h4-5,8-13,31-32H,6-7H2,1-3H3,(H,30,33). The maximum atomic E-state index is 14.1. The van der Waals surface area contributed by atoms with Crippen LogP contribution in [0.4, 0.5) is 24.5 Å². The van der Waals surface area contributed by atoms with E-state index >= 15 is 0 Å². The minimum Gasteiger partial charge on any atom is -0.493 e. The van der Waals surface area contributed by atoms with Crippen molar-refractivity contribution in [3.8, 4) is 17.2 Å². The summed E-state index contributed by atoms with van der Waals surface area (Å²) in [5.74, 6) is -1.69. The van der Waals surface area contributed by atoms with Crippen molar-refractivity contribution < 1.29 is 32.2 Å². The van der Waals surface area contributed by atoms with Crippen molar-refractivity contribution in [3.63, 3.8) is 0 Å². The molecule has 7 nitrogen and oxygen atoms in total. The molecule has 0 aliphatic heterocycles. The van der Waals surface area contributed by atoms with E-state index in [2.05, 4.69) is 15.6 Å². The zero-order valence-corrected chi connectivity index (χ0v) is 19.8. The van der Waals surface area contributed by atoms with Gasteiger partial charge >= 0.3 is 0 Å². The summed E-state index contributed by atoms with van der Waals surface area (Å²) in [5.41, 5.74) is 2.10. The maximum absolute atomic E-state index is 14.1. The molecule has 1 amide bonds. The van der Waals surface area contributed by atoms with Crippen LogP contribution in [0.5, 0.6) is 17.2 Å². The molecule has 188 valence electrons. The Balaban J connectivity index is 1.52. The third kappa shape index (κ3) is 5.02. The number of carbonyl (C=O) groups excluding carboxylic acids is 1. The first kappa shape index (κ1) is 24.8. The normalized spacial score (nSPS) is 10.8. The van der Waals surface area contributed by atoms with Crippen LogP contribution in [-0.4, -0.2) is 38.8 Å². The van der Waals surface area contributed by atoms with Crippen molar-refractivity contribution in [1.29, 1.82) is 0 Å². The number of rotatable bonds is 9. The molecule has 0 aliphatic rings. The number of carbonyl (C=O) groups is 1. The Morgan fingerprint density at radius 1 is 0.917 bits per heavy atom. The number of anilines is 2. The van der Waals surface area contributed by atoms with Gasteiger partial charge in [0.1, 0.15) is 5.82 Å². The fraction of sp³-hybridized carbons (Fsp3) is 0.192. The topological polar surface area (TPSA) is 84.6 Å². The molecule has 3 N–H and O–H groups in total. The van der Waals surface area contributed by atoms with E-state index in [4.69, 9.17) is 14.2 Å². The van der Waals surface area contributed by atoms with Gasteiger partial charge in [-0.25, -0.2) is 13.2 Å². The maximum Gasteiger partial charge on any atom is 0.253 e. The van der Waals surface area contributed by atoms with Gasteiger partial charge in [-0.2, -0.15) is 0 Å². The largest absolute Gasteiger partial charge is 0.493 e. The van der Waals surface area contributed by atoms with Gasteiger partial charge in [0.25, 0.3) is 5.91 Å². The number of H-pyrrole nitrogens is 1. The van der Waals surface area contributed by atoms with Crippen LogP contribution in [0.2, 0.25) is 0 Å². The van der Waals surface area contributed by atoms with E-state index < -0.39 is 23.4 Å². The number of nitrogens with one attached hydrogen (secondary N) is 3. The van der Waals surface area contributed by atoms with Gasteiger partial charge in [-0.3, -0.25) is 4.79 Å². The molecule has 0 atom stereocenters. The van der Waals surface area contributed by atoms with E-state index in [1.54, 1.807) is 18.3 Å². The van der Waals surface area contributed by atoms with E-state index in [1.165, 1.54) is 39.5 Å². The molecule has 0 radical (unpaired) electrons. The monoisotopic (exact) mass is 499 g/mol. The van der Waals surface area contributed by atoms with Crippen LogP contribution < -0.4 is 24.8 Å². The summed E-state index contributed by atoms with van der Waals surface area (Å²) >= 11 is 0. The summed E-state index contributed by atoms with van der Waals surface area (Å²) in [6.45, 7) is 0.214. The lowest BCUT2D eigenvalue weighted by Gasteiger charge is -2.17. The molecule has 3 aromatic carbocycles. The summed E-state index contributed by atoms with van der Waals surface area (Å²) in [6, 6.07) is 9.24. The smallest absolute Gasteiger partial charge is 0.253 e. The molecule has 0 unspecified atom stereocenters. The molecule has 1 aromatic heterocycles. The van der Waals surface area contributed by atoms with Crippen molar-refractivity contribution >= 4 is 28.2 Å². The van der Waals surface area contributed by atoms with Crippen LogP contribution >= 0.6 is 0 Å². The van der Waals surface area contributed by atoms with Crippen molar-refractivity contribution in [2.75, 3.05) is 33.2 Å². The van der Waals surface area contributed by atoms with Crippen molar-refractivity contribution in [2.24, 2.45) is 0 Å². The van der Waals surface area contributed by atoms with Gasteiger partial charge in [-0.15, -0.1) is 0 Å². The van der Waals surface area contributed by atoms with E-state index in [0.717, 1.165) is 17.7 Å². The Morgan fingerprint density at radius 3 is 2.28 bits per heavy atom. The van der Waals surface area contributed by atoms with Crippen LogP contribution in [0.1, 0.15) is 15.9 Å². The molecular formula is C26H24F3N3O4. The Bertz CT molecular complexity index is 1400. The fourth-order valence-electron chi connectivity index (χ4n) is 3.91. The van der Waals surface area contributed by atoms with E-state index in [-0.39, 0.29) is 17.8 Å². The average Bonchev–Trinajstić information content (AvgIpc) is 3.24. The van der Waals surface area contributed by atoms with Gasteiger partial charge in [-0.05, 0) is 36.2 Å². The molecular weight excluding hydrogens is 475 g/mol. The first-order valence-electron chi connectivity index (χ1n) is 10.9. The SMILES string of the molecule is COc1cc(Nc2cc(F)ccc2C(=O)NCCc2c[nH]c3cc(F)c(F)cc23)cc(OC)c1OC. The van der Waals surface area contributed by atoms with Crippen LogP contribution in [-0.2, 0) is 6.42 Å². The van der Waals surface area contributed by atoms with Crippen LogP contribution in [0.3, 0.4) is 0 Å². The summed E-state index contributed by atoms with van der Waals surface area (Å²) in [4.78, 5) is 15.8. The van der Waals surface area contributed by atoms with E-state index in [9.17, 15) is 18.0 Å². The van der Waals surface area contributed by atoms with Gasteiger partial charge < -0.3 is 29.8 Å². The molecule has 4 aromatic rings. The molecule has 1 heterocycles. The number of methoxy groups -OCH3 is 3. The Hall–Kier alpha value is -4.34. The van der Waals surface area contributed by atoms with Crippen molar-refractivity contribution in [3.05, 3.63) is 77.2 Å². The lowest BCUT2D eigenvalue weighted by molar-refractivity contribution is 0.0955. The first-order chi connectivity index (χ1) is 17.3. The molecule has 0 saturated carbocycles. The van der Waals surface area contributed by atoms with Crippen molar-refractivity contribution in [2.45, 2.75) is 6.42 Å². The van der Waals surface area contributed by atoms with Crippen LogP contribution in [0, 0.1) is 17.5 Å². The molecule has 0 saturated heterocycles. The minimum atomic E-state index is -0.943. The lowest BCUT2D eigenvalue weighted by Crippen LogP contribution is -2.26. The number of fused-ring (bicyclic) bond motifs is 1. The summed E-state index contributed by atoms with van der Waals surface area (Å²) in [5, 5.41) is 6.36. The van der Waals surface area contributed by atoms with E-state index in [0.29, 0.717) is 40.3 Å². The second-order valence-corrected chi connectivity index (χ2v) is 7.86. The Morgan fingerprint density at radius 2 is 1.61 bits per heavy atom. The Kier molecular flexibility index (Phi) is 7.23. The Labute approximate surface area is 205 Å². The highest BCUT2D eigenvalue weighted by Crippen LogP contribution is 2.41. The summed E-state index contributed by atoms with van der Waals surface area (Å²) in [7, 11) is 4.43. The van der Waals surface area contributed by atoms with Gasteiger partial charge in [0.05, 0.1) is 32.6 Å². The average molecular weight is 499 g/mol. The predicted molar refractivity (Wildman–Crippen MR) is 130 cm³/mol. The molecule has 0 bridgehead atoms. The number of ether oxygens (including phenoxy) is 3. The fourth-order valence-corrected chi connectivity index (χ4v) is 3.91. The second kappa shape index (κ2) is 10.5. The lowest BCUT2D eigenvalue weighted by atomic mass is 10.1. The summed E-state index contributed by atoms with van der Waals surface area (Å²) < 4.78 is 57.2. The van der Waals surface area contributed by atoms with Gasteiger partial charge in [0, 0.05) is 47.5 Å². The first-order valence-corrected chi connectivity index (χ1v) is 10.9. The number of aromatic amines is 1. The summed E-state index contributed by atoms with van der Waals surface area (Å²) in [6.07, 6.45) is 2.01. The van der Waals surface area contributed by atoms with Gasteiger partial charge in [0.15, 0.2) is 23.1 Å². The zero-order valence-electron chi connectivity index (χ0n) is 19.8.